The van der Waals surface area contributed by atoms with E-state index in [1.807, 2.05) is 24.0 Å². The van der Waals surface area contributed by atoms with Crippen molar-refractivity contribution in [3.05, 3.63) is 88.6 Å². The Morgan fingerprint density at radius 2 is 1.71 bits per heavy atom. The van der Waals surface area contributed by atoms with Crippen LogP contribution in [-0.2, 0) is 38.1 Å². The molecule has 2 amide bonds. The van der Waals surface area contributed by atoms with Crippen LogP contribution in [0.1, 0.15) is 54.9 Å². The molecule has 1 aromatic heterocycles. The Balaban J connectivity index is 1.07. The molecule has 2 aromatic carbocycles. The van der Waals surface area contributed by atoms with Crippen LogP contribution < -0.4 is 10.2 Å². The number of amides is 2. The lowest BCUT2D eigenvalue weighted by Crippen LogP contribution is -2.70. The number of hydrogen-bond acceptors (Lipinski definition) is 6. The number of thioether (sulfide) groups is 1. The number of carbonyl (C=O) groups is 2. The third-order valence-electron chi connectivity index (χ3n) is 11.1. The van der Waals surface area contributed by atoms with Crippen molar-refractivity contribution in [1.82, 2.24) is 15.2 Å². The van der Waals surface area contributed by atoms with E-state index in [1.54, 1.807) is 22.9 Å². The Kier molecular flexibility index (Phi) is 9.03. The van der Waals surface area contributed by atoms with E-state index in [0.29, 0.717) is 49.7 Å². The number of fused-ring (bicyclic) bond motifs is 3. The highest BCUT2D eigenvalue weighted by Gasteiger charge is 2.55. The van der Waals surface area contributed by atoms with Gasteiger partial charge in [-0.15, -0.1) is 11.8 Å². The molecule has 2 spiro atoms. The fourth-order valence-electron chi connectivity index (χ4n) is 8.28. The molecule has 4 aliphatic rings. The van der Waals surface area contributed by atoms with Crippen LogP contribution in [0.25, 0.3) is 0 Å². The third kappa shape index (κ3) is 6.25. The molecule has 1 saturated heterocycles. The first-order chi connectivity index (χ1) is 23.3. The van der Waals surface area contributed by atoms with Crippen LogP contribution in [0.4, 0.5) is 14.6 Å². The fraction of sp³-hybridized carbons (Fsp3) is 0.500. The lowest BCUT2D eigenvalue weighted by atomic mass is 9.79. The maximum Gasteiger partial charge on any atom is 0.243 e. The summed E-state index contributed by atoms with van der Waals surface area (Å²) in [6, 6.07) is 15.0. The van der Waals surface area contributed by atoms with Crippen molar-refractivity contribution >= 4 is 37.5 Å². The molecule has 0 unspecified atom stereocenters. The molecular weight excluding hydrogens is 659 g/mol. The second-order valence-corrected chi connectivity index (χ2v) is 22.5. The van der Waals surface area contributed by atoms with Gasteiger partial charge in [0.1, 0.15) is 24.2 Å². The Morgan fingerprint density at radius 3 is 2.45 bits per heavy atom. The van der Waals surface area contributed by atoms with Crippen LogP contribution in [0.15, 0.2) is 59.6 Å². The van der Waals surface area contributed by atoms with Gasteiger partial charge in [0, 0.05) is 56.2 Å². The standard InChI is InChI=1S/C38H46F2N4O3SSi/c1-36(28-19-29(39)21-30(40)20-28)24-42-38(11-5-6-12-38)35(46)44(36)14-16-48-31-10-9-26-22-37(23-27(26)18-31)32-8-7-13-41-33(32)43(34(37)45)25-47-15-17-49(2,3)4/h7-10,13,18-21,42H,5-6,11-12,14-17,22-25H2,1-4H3/t36-,37+/m0/s1. The number of piperazine rings is 1. The molecule has 7 nitrogen and oxygen atoms in total. The van der Waals surface area contributed by atoms with E-state index in [2.05, 4.69) is 48.1 Å². The molecule has 3 heterocycles. The number of pyridine rings is 1. The average molecular weight is 705 g/mol. The first-order valence-corrected chi connectivity index (χ1v) is 22.2. The van der Waals surface area contributed by atoms with Crippen LogP contribution in [0.3, 0.4) is 0 Å². The van der Waals surface area contributed by atoms with Crippen LogP contribution in [-0.4, -0.2) is 67.5 Å². The summed E-state index contributed by atoms with van der Waals surface area (Å²) in [6.45, 7) is 10.5. The van der Waals surface area contributed by atoms with E-state index < -0.39 is 36.2 Å². The van der Waals surface area contributed by atoms with E-state index in [1.165, 1.54) is 12.1 Å². The number of anilines is 1. The minimum absolute atomic E-state index is 0.0148. The largest absolute Gasteiger partial charge is 0.361 e. The molecule has 1 N–H and O–H groups in total. The molecule has 1 saturated carbocycles. The maximum atomic E-state index is 14.4. The molecule has 2 aliphatic heterocycles. The molecule has 49 heavy (non-hydrogen) atoms. The summed E-state index contributed by atoms with van der Waals surface area (Å²) in [5.74, 6) is 0.0863. The summed E-state index contributed by atoms with van der Waals surface area (Å²) in [6.07, 6.45) is 6.47. The maximum absolute atomic E-state index is 14.4. The van der Waals surface area contributed by atoms with Gasteiger partial charge in [-0.25, -0.2) is 13.8 Å². The van der Waals surface area contributed by atoms with E-state index >= 15 is 0 Å². The van der Waals surface area contributed by atoms with Gasteiger partial charge in [0.05, 0.1) is 16.5 Å². The van der Waals surface area contributed by atoms with Crippen molar-refractivity contribution in [2.24, 2.45) is 0 Å². The Labute approximate surface area is 293 Å². The molecule has 0 bridgehead atoms. The second kappa shape index (κ2) is 12.9. The van der Waals surface area contributed by atoms with E-state index in [0.717, 1.165) is 59.4 Å². The summed E-state index contributed by atoms with van der Waals surface area (Å²) in [4.78, 5) is 37.6. The summed E-state index contributed by atoms with van der Waals surface area (Å²) in [5, 5.41) is 3.51. The van der Waals surface area contributed by atoms with Crippen LogP contribution in [0.5, 0.6) is 0 Å². The highest BCUT2D eigenvalue weighted by molar-refractivity contribution is 7.99. The van der Waals surface area contributed by atoms with Gasteiger partial charge in [-0.3, -0.25) is 14.5 Å². The molecule has 2 aliphatic carbocycles. The molecule has 3 aromatic rings. The smallest absolute Gasteiger partial charge is 0.243 e. The zero-order valence-corrected chi connectivity index (χ0v) is 30.7. The molecule has 260 valence electrons. The molecule has 11 heteroatoms. The average Bonchev–Trinajstić information content (AvgIpc) is 3.75. The topological polar surface area (TPSA) is 74.8 Å². The number of nitrogens with one attached hydrogen (secondary N) is 1. The summed E-state index contributed by atoms with van der Waals surface area (Å²) in [7, 11) is -1.26. The molecule has 7 rings (SSSR count). The number of carbonyl (C=O) groups excluding carboxylic acids is 2. The van der Waals surface area contributed by atoms with Gasteiger partial charge in [0.25, 0.3) is 0 Å². The molecular formula is C38H46F2N4O3SSi. The van der Waals surface area contributed by atoms with Crippen LogP contribution in [0.2, 0.25) is 25.7 Å². The number of nitrogens with zero attached hydrogens (tertiary/aromatic N) is 3. The highest BCUT2D eigenvalue weighted by Crippen LogP contribution is 2.49. The van der Waals surface area contributed by atoms with Crippen molar-refractivity contribution in [1.29, 1.82) is 0 Å². The normalized spacial score (nSPS) is 24.4. The van der Waals surface area contributed by atoms with Crippen molar-refractivity contribution in [2.45, 2.75) is 92.5 Å². The number of aromatic nitrogens is 1. The zero-order chi connectivity index (χ0) is 34.6. The summed E-state index contributed by atoms with van der Waals surface area (Å²) >= 11 is 1.66. The van der Waals surface area contributed by atoms with E-state index in [9.17, 15) is 18.4 Å². The quantitative estimate of drug-likeness (QED) is 0.142. The van der Waals surface area contributed by atoms with Gasteiger partial charge < -0.3 is 15.0 Å². The summed E-state index contributed by atoms with van der Waals surface area (Å²) < 4.78 is 34.8. The minimum Gasteiger partial charge on any atom is -0.361 e. The van der Waals surface area contributed by atoms with Crippen molar-refractivity contribution < 1.29 is 23.1 Å². The third-order valence-corrected chi connectivity index (χ3v) is 13.8. The first kappa shape index (κ1) is 34.3. The van der Waals surface area contributed by atoms with Gasteiger partial charge in [-0.1, -0.05) is 44.6 Å². The lowest BCUT2D eigenvalue weighted by molar-refractivity contribution is -0.150. The van der Waals surface area contributed by atoms with Gasteiger partial charge in [-0.2, -0.15) is 0 Å². The van der Waals surface area contributed by atoms with Crippen LogP contribution >= 0.6 is 11.8 Å². The number of ether oxygens (including phenoxy) is 1. The van der Waals surface area contributed by atoms with E-state index in [-0.39, 0.29) is 18.5 Å². The predicted octanol–water partition coefficient (Wildman–Crippen LogP) is 6.81. The number of halogens is 2. The summed E-state index contributed by atoms with van der Waals surface area (Å²) in [5.41, 5.74) is 1.54. The van der Waals surface area contributed by atoms with Gasteiger partial charge >= 0.3 is 0 Å². The monoisotopic (exact) mass is 704 g/mol. The van der Waals surface area contributed by atoms with Crippen molar-refractivity contribution in [3.8, 4) is 0 Å². The minimum atomic E-state index is -1.26. The van der Waals surface area contributed by atoms with Crippen molar-refractivity contribution in [3.63, 3.8) is 0 Å². The Bertz CT molecular complexity index is 1760. The van der Waals surface area contributed by atoms with Crippen LogP contribution in [0, 0.1) is 11.6 Å². The zero-order valence-electron chi connectivity index (χ0n) is 28.9. The Hall–Kier alpha value is -3.12. The number of rotatable bonds is 10. The number of benzene rings is 2. The molecule has 0 radical (unpaired) electrons. The number of hydrogen-bond donors (Lipinski definition) is 1. The predicted molar refractivity (Wildman–Crippen MR) is 192 cm³/mol. The second-order valence-electron chi connectivity index (χ2n) is 15.7. The van der Waals surface area contributed by atoms with Gasteiger partial charge in [0.2, 0.25) is 11.8 Å². The molecule has 2 fully saturated rings. The highest BCUT2D eigenvalue weighted by atomic mass is 32.2. The first-order valence-electron chi connectivity index (χ1n) is 17.5. The fourth-order valence-corrected chi connectivity index (χ4v) is 9.94. The van der Waals surface area contributed by atoms with Gasteiger partial charge in [0.15, 0.2) is 0 Å². The van der Waals surface area contributed by atoms with Gasteiger partial charge in [-0.05, 0) is 85.7 Å². The van der Waals surface area contributed by atoms with Crippen molar-refractivity contribution in [2.75, 3.05) is 37.1 Å². The lowest BCUT2D eigenvalue weighted by Gasteiger charge is -2.52. The van der Waals surface area contributed by atoms with E-state index in [4.69, 9.17) is 4.74 Å². The SMILES string of the molecule is C[C@@]1(c2cc(F)cc(F)c2)CNC2(CCCC2)C(=O)N1CCSc1ccc2c(c1)C[C@@]1(C2)C(=O)N(COCC[Si](C)(C)C)c2ncccc21. The molecule has 2 atom stereocenters. The Morgan fingerprint density at radius 1 is 0.980 bits per heavy atom.